The van der Waals surface area contributed by atoms with Crippen molar-refractivity contribution in [2.45, 2.75) is 129 Å². The molecule has 0 aliphatic carbocycles. The van der Waals surface area contributed by atoms with E-state index in [0.29, 0.717) is 0 Å². The molecule has 0 saturated heterocycles. The highest BCUT2D eigenvalue weighted by molar-refractivity contribution is 4.82. The van der Waals surface area contributed by atoms with Crippen LogP contribution in [0.2, 0.25) is 0 Å². The quantitative estimate of drug-likeness (QED) is 0.171. The molecule has 166 valence electrons. The van der Waals surface area contributed by atoms with Crippen molar-refractivity contribution in [2.75, 3.05) is 13.1 Å². The van der Waals surface area contributed by atoms with Crippen LogP contribution in [0.5, 0.6) is 0 Å². The Hall–Kier alpha value is -0.920. The summed E-state index contributed by atoms with van der Waals surface area (Å²) in [5, 5.41) is 6.75. The molecule has 0 atom stereocenters. The third-order valence-electron chi connectivity index (χ3n) is 5.33. The second-order valence-corrected chi connectivity index (χ2v) is 8.24. The van der Waals surface area contributed by atoms with Gasteiger partial charge < -0.3 is 10.6 Å². The molecule has 0 unspecified atom stereocenters. The smallest absolute Gasteiger partial charge is 0.0314 e. The van der Waals surface area contributed by atoms with Gasteiger partial charge in [-0.25, -0.2) is 0 Å². The molecule has 0 aromatic rings. The van der Waals surface area contributed by atoms with Gasteiger partial charge in [-0.2, -0.15) is 0 Å². The van der Waals surface area contributed by atoms with Crippen molar-refractivity contribution in [3.8, 4) is 0 Å². The number of hydrogen-bond donors (Lipinski definition) is 2. The number of nitrogens with one attached hydrogen (secondary N) is 2. The van der Waals surface area contributed by atoms with Gasteiger partial charge in [0.25, 0.3) is 0 Å². The summed E-state index contributed by atoms with van der Waals surface area (Å²) < 4.78 is 0. The molecule has 0 saturated carbocycles. The van der Waals surface area contributed by atoms with Crippen molar-refractivity contribution in [1.29, 1.82) is 0 Å². The van der Waals surface area contributed by atoms with Gasteiger partial charge in [0.1, 0.15) is 0 Å². The normalized spacial score (nSPS) is 11.6. The Morgan fingerprint density at radius 1 is 0.429 bits per heavy atom. The minimum atomic E-state index is 0.996. The fourth-order valence-electron chi connectivity index (χ4n) is 3.44. The van der Waals surface area contributed by atoms with Gasteiger partial charge >= 0.3 is 0 Å². The molecule has 0 spiro atoms. The van der Waals surface area contributed by atoms with Crippen molar-refractivity contribution >= 4 is 0 Å². The standard InChI is InChI=1S/C26H52N2/c1-3-5-7-9-11-13-15-17-19-21-23-27-25-26-28-24-22-20-18-16-14-12-10-8-6-4-2/h21-24,27-28H,3-20,25-26H2,1-2H3. The van der Waals surface area contributed by atoms with Crippen LogP contribution in [0.4, 0.5) is 0 Å². The maximum atomic E-state index is 3.37. The highest BCUT2D eigenvalue weighted by Gasteiger charge is 1.91. The van der Waals surface area contributed by atoms with E-state index in [1.165, 1.54) is 116 Å². The fraction of sp³-hybridized carbons (Fsp3) is 0.846. The first-order valence-electron chi connectivity index (χ1n) is 12.7. The zero-order chi connectivity index (χ0) is 20.4. The second-order valence-electron chi connectivity index (χ2n) is 8.24. The summed E-state index contributed by atoms with van der Waals surface area (Å²) in [5.41, 5.74) is 0. The Balaban J connectivity index is 3.13. The monoisotopic (exact) mass is 392 g/mol. The molecule has 28 heavy (non-hydrogen) atoms. The molecular weight excluding hydrogens is 340 g/mol. The Kier molecular flexibility index (Phi) is 25.2. The average molecular weight is 393 g/mol. The second kappa shape index (κ2) is 26.1. The summed E-state index contributed by atoms with van der Waals surface area (Å²) in [6.45, 7) is 6.56. The van der Waals surface area contributed by atoms with E-state index in [-0.39, 0.29) is 0 Å². The molecule has 0 radical (unpaired) electrons. The van der Waals surface area contributed by atoms with Crippen LogP contribution >= 0.6 is 0 Å². The summed E-state index contributed by atoms with van der Waals surface area (Å²) in [5.74, 6) is 0. The van der Waals surface area contributed by atoms with E-state index >= 15 is 0 Å². The molecule has 0 fully saturated rings. The number of rotatable bonds is 23. The molecule has 0 heterocycles. The summed E-state index contributed by atoms with van der Waals surface area (Å²) in [6.07, 6.45) is 33.7. The first kappa shape index (κ1) is 27.1. The van der Waals surface area contributed by atoms with E-state index in [2.05, 4.69) is 49.0 Å². The highest BCUT2D eigenvalue weighted by atomic mass is 14.9. The molecule has 0 aliphatic heterocycles. The number of hydrogen-bond acceptors (Lipinski definition) is 2. The number of unbranched alkanes of at least 4 members (excludes halogenated alkanes) is 16. The van der Waals surface area contributed by atoms with Crippen LogP contribution in [0.15, 0.2) is 24.6 Å². The summed E-state index contributed by atoms with van der Waals surface area (Å²) in [7, 11) is 0. The van der Waals surface area contributed by atoms with Crippen LogP contribution in [-0.2, 0) is 0 Å². The molecule has 0 rings (SSSR count). The van der Waals surface area contributed by atoms with Gasteiger partial charge in [0, 0.05) is 13.1 Å². The van der Waals surface area contributed by atoms with Crippen molar-refractivity contribution in [1.82, 2.24) is 10.6 Å². The number of allylic oxidation sites excluding steroid dienone is 2. The maximum Gasteiger partial charge on any atom is 0.0314 e. The van der Waals surface area contributed by atoms with Crippen molar-refractivity contribution in [2.24, 2.45) is 0 Å². The molecule has 0 aromatic carbocycles. The van der Waals surface area contributed by atoms with Crippen LogP contribution in [0.3, 0.4) is 0 Å². The first-order valence-corrected chi connectivity index (χ1v) is 12.7. The lowest BCUT2D eigenvalue weighted by Gasteiger charge is -2.02. The fourth-order valence-corrected chi connectivity index (χ4v) is 3.44. The van der Waals surface area contributed by atoms with Gasteiger partial charge in [-0.15, -0.1) is 0 Å². The van der Waals surface area contributed by atoms with Crippen molar-refractivity contribution in [3.63, 3.8) is 0 Å². The lowest BCUT2D eigenvalue weighted by Crippen LogP contribution is -2.20. The van der Waals surface area contributed by atoms with Crippen LogP contribution in [-0.4, -0.2) is 13.1 Å². The van der Waals surface area contributed by atoms with E-state index in [9.17, 15) is 0 Å². The predicted octanol–water partition coefficient (Wildman–Crippen LogP) is 8.25. The predicted molar refractivity (Wildman–Crippen MR) is 129 cm³/mol. The Labute approximate surface area is 178 Å². The molecule has 2 N–H and O–H groups in total. The summed E-state index contributed by atoms with van der Waals surface area (Å²) >= 11 is 0. The first-order chi connectivity index (χ1) is 13.9. The SMILES string of the molecule is CCCCCCCCCCC=CNCCNC=CCCCCCCCCCC. The van der Waals surface area contributed by atoms with Gasteiger partial charge in [-0.3, -0.25) is 0 Å². The molecule has 2 heteroatoms. The van der Waals surface area contributed by atoms with Crippen LogP contribution in [0.25, 0.3) is 0 Å². The van der Waals surface area contributed by atoms with Gasteiger partial charge in [-0.05, 0) is 38.1 Å². The van der Waals surface area contributed by atoms with Gasteiger partial charge in [0.05, 0.1) is 0 Å². The highest BCUT2D eigenvalue weighted by Crippen LogP contribution is 2.10. The Bertz CT molecular complexity index is 290. The van der Waals surface area contributed by atoms with Gasteiger partial charge in [0.2, 0.25) is 0 Å². The zero-order valence-electron chi connectivity index (χ0n) is 19.5. The summed E-state index contributed by atoms with van der Waals surface area (Å²) in [6, 6.07) is 0. The van der Waals surface area contributed by atoms with Crippen molar-refractivity contribution < 1.29 is 0 Å². The van der Waals surface area contributed by atoms with Crippen LogP contribution in [0, 0.1) is 0 Å². The van der Waals surface area contributed by atoms with E-state index < -0.39 is 0 Å². The average Bonchev–Trinajstić information content (AvgIpc) is 2.71. The van der Waals surface area contributed by atoms with Gasteiger partial charge in [0.15, 0.2) is 0 Å². The van der Waals surface area contributed by atoms with Crippen LogP contribution < -0.4 is 10.6 Å². The third kappa shape index (κ3) is 25.1. The van der Waals surface area contributed by atoms with E-state index in [1.54, 1.807) is 0 Å². The Morgan fingerprint density at radius 3 is 1.11 bits per heavy atom. The topological polar surface area (TPSA) is 24.1 Å². The molecule has 0 aliphatic rings. The third-order valence-corrected chi connectivity index (χ3v) is 5.33. The van der Waals surface area contributed by atoms with Crippen molar-refractivity contribution in [3.05, 3.63) is 24.6 Å². The lowest BCUT2D eigenvalue weighted by molar-refractivity contribution is 0.577. The van der Waals surface area contributed by atoms with E-state index in [1.807, 2.05) is 0 Å². The van der Waals surface area contributed by atoms with Crippen LogP contribution in [0.1, 0.15) is 129 Å². The summed E-state index contributed by atoms with van der Waals surface area (Å²) in [4.78, 5) is 0. The molecular formula is C26H52N2. The minimum absolute atomic E-state index is 0.996. The minimum Gasteiger partial charge on any atom is -0.389 e. The zero-order valence-corrected chi connectivity index (χ0v) is 19.5. The largest absolute Gasteiger partial charge is 0.389 e. The van der Waals surface area contributed by atoms with E-state index in [4.69, 9.17) is 0 Å². The van der Waals surface area contributed by atoms with Gasteiger partial charge in [-0.1, -0.05) is 116 Å². The molecule has 0 bridgehead atoms. The van der Waals surface area contributed by atoms with E-state index in [0.717, 1.165) is 13.1 Å². The maximum absolute atomic E-state index is 3.37. The lowest BCUT2D eigenvalue weighted by atomic mass is 10.1. The molecule has 2 nitrogen and oxygen atoms in total. The Morgan fingerprint density at radius 2 is 0.750 bits per heavy atom. The molecule has 0 amide bonds. The molecule has 0 aromatic heterocycles.